The number of rotatable bonds is 19. The van der Waals surface area contributed by atoms with Crippen LogP contribution in [0.3, 0.4) is 0 Å². The molecule has 44 heavy (non-hydrogen) atoms. The van der Waals surface area contributed by atoms with E-state index < -0.39 is 47.8 Å². The second-order valence-corrected chi connectivity index (χ2v) is 12.0. The highest BCUT2D eigenvalue weighted by molar-refractivity contribution is 7.09. The van der Waals surface area contributed by atoms with Crippen LogP contribution in [0.5, 0.6) is 0 Å². The van der Waals surface area contributed by atoms with Crippen molar-refractivity contribution in [2.45, 2.75) is 75.5 Å². The molecule has 0 radical (unpaired) electrons. The Balaban J connectivity index is 1.80. The van der Waals surface area contributed by atoms with Crippen molar-refractivity contribution < 1.29 is 19.2 Å². The van der Waals surface area contributed by atoms with E-state index in [0.717, 1.165) is 27.6 Å². The standard InChI is InChI=1S/C32H45N7O4S/c33-15-5-3-11-25(35)30(41)39-28(19-21-13-14-22-8-1-2-9-23(22)18-21)32(43)37-26(12-4-6-16-34)31(42)38-27(29(36)40)20-24-10-7-17-44-24/h1-2,7-10,13-14,17-18,25-28H,3-6,11-12,15-16,19-20,33-35H2,(H2,36,40)(H,37,43)(H,38,42)(H,39,41). The van der Waals surface area contributed by atoms with Crippen molar-refractivity contribution >= 4 is 45.7 Å². The van der Waals surface area contributed by atoms with Gasteiger partial charge in [-0.25, -0.2) is 0 Å². The Labute approximate surface area is 262 Å². The minimum Gasteiger partial charge on any atom is -0.368 e. The zero-order valence-corrected chi connectivity index (χ0v) is 25.8. The minimum atomic E-state index is -1.01. The smallest absolute Gasteiger partial charge is 0.243 e. The Hall–Kier alpha value is -3.84. The lowest BCUT2D eigenvalue weighted by Gasteiger charge is -2.25. The van der Waals surface area contributed by atoms with Crippen molar-refractivity contribution in [2.24, 2.45) is 22.9 Å². The van der Waals surface area contributed by atoms with Crippen molar-refractivity contribution in [2.75, 3.05) is 13.1 Å². The minimum absolute atomic E-state index is 0.178. The van der Waals surface area contributed by atoms with E-state index in [2.05, 4.69) is 16.0 Å². The van der Waals surface area contributed by atoms with E-state index in [9.17, 15) is 19.2 Å². The van der Waals surface area contributed by atoms with E-state index in [1.165, 1.54) is 11.3 Å². The van der Waals surface area contributed by atoms with Gasteiger partial charge in [-0.2, -0.15) is 0 Å². The molecule has 0 aliphatic heterocycles. The first-order chi connectivity index (χ1) is 21.2. The van der Waals surface area contributed by atoms with Gasteiger partial charge in [-0.15, -0.1) is 11.3 Å². The van der Waals surface area contributed by atoms with Crippen LogP contribution >= 0.6 is 11.3 Å². The van der Waals surface area contributed by atoms with Gasteiger partial charge < -0.3 is 38.9 Å². The van der Waals surface area contributed by atoms with Gasteiger partial charge in [-0.3, -0.25) is 19.2 Å². The number of thiophene rings is 1. The molecule has 0 aliphatic rings. The highest BCUT2D eigenvalue weighted by Gasteiger charge is 2.30. The molecule has 3 aromatic rings. The van der Waals surface area contributed by atoms with Crippen LogP contribution in [0.4, 0.5) is 0 Å². The monoisotopic (exact) mass is 623 g/mol. The summed E-state index contributed by atoms with van der Waals surface area (Å²) in [5.41, 5.74) is 23.8. The maximum Gasteiger partial charge on any atom is 0.243 e. The van der Waals surface area contributed by atoms with Crippen LogP contribution in [0.25, 0.3) is 10.8 Å². The Morgan fingerprint density at radius 1 is 0.682 bits per heavy atom. The molecule has 4 atom stereocenters. The second kappa shape index (κ2) is 18.1. The number of nitrogens with two attached hydrogens (primary N) is 4. The third-order valence-electron chi connectivity index (χ3n) is 7.42. The number of carbonyl (C=O) groups excluding carboxylic acids is 4. The molecule has 11 nitrogen and oxygen atoms in total. The average molecular weight is 624 g/mol. The highest BCUT2D eigenvalue weighted by atomic mass is 32.1. The van der Waals surface area contributed by atoms with Crippen LogP contribution in [-0.2, 0) is 32.0 Å². The number of fused-ring (bicyclic) bond motifs is 1. The number of nitrogens with one attached hydrogen (secondary N) is 3. The van der Waals surface area contributed by atoms with E-state index in [-0.39, 0.29) is 19.3 Å². The van der Waals surface area contributed by atoms with E-state index in [1.54, 1.807) is 0 Å². The quantitative estimate of drug-likeness (QED) is 0.0970. The molecule has 3 rings (SSSR count). The fourth-order valence-electron chi connectivity index (χ4n) is 4.89. The first kappa shape index (κ1) is 34.6. The van der Waals surface area contributed by atoms with Gasteiger partial charge in [0, 0.05) is 17.7 Å². The fourth-order valence-corrected chi connectivity index (χ4v) is 5.64. The summed E-state index contributed by atoms with van der Waals surface area (Å²) in [5.74, 6) is -2.21. The number of primary amides is 1. The Morgan fingerprint density at radius 3 is 1.98 bits per heavy atom. The Morgan fingerprint density at radius 2 is 1.32 bits per heavy atom. The number of benzene rings is 2. The van der Waals surface area contributed by atoms with Gasteiger partial charge in [0.25, 0.3) is 0 Å². The molecule has 0 fully saturated rings. The molecule has 4 unspecified atom stereocenters. The maximum atomic E-state index is 13.8. The first-order valence-electron chi connectivity index (χ1n) is 15.1. The van der Waals surface area contributed by atoms with Gasteiger partial charge in [0.05, 0.1) is 6.04 Å². The van der Waals surface area contributed by atoms with Crippen LogP contribution in [0.1, 0.15) is 49.0 Å². The first-order valence-corrected chi connectivity index (χ1v) is 16.0. The predicted octanol–water partition coefficient (Wildman–Crippen LogP) is 1.21. The number of hydrogen-bond donors (Lipinski definition) is 7. The van der Waals surface area contributed by atoms with Crippen molar-refractivity contribution in [1.82, 2.24) is 16.0 Å². The zero-order valence-electron chi connectivity index (χ0n) is 25.0. The van der Waals surface area contributed by atoms with Gasteiger partial charge in [0.1, 0.15) is 18.1 Å². The molecular formula is C32H45N7O4S. The highest BCUT2D eigenvalue weighted by Crippen LogP contribution is 2.17. The van der Waals surface area contributed by atoms with Crippen molar-refractivity contribution in [1.29, 1.82) is 0 Å². The SMILES string of the molecule is NCCCCC(N)C(=O)NC(Cc1ccc2ccccc2c1)C(=O)NC(CCCCN)C(=O)NC(Cc1cccs1)C(N)=O. The number of hydrogen-bond acceptors (Lipinski definition) is 8. The van der Waals surface area contributed by atoms with E-state index in [0.29, 0.717) is 38.8 Å². The second-order valence-electron chi connectivity index (χ2n) is 10.9. The summed E-state index contributed by atoms with van der Waals surface area (Å²) in [6.45, 7) is 0.923. The Kier molecular flexibility index (Phi) is 14.2. The summed E-state index contributed by atoms with van der Waals surface area (Å²) in [5, 5.41) is 12.3. The topological polar surface area (TPSA) is 208 Å². The predicted molar refractivity (Wildman–Crippen MR) is 174 cm³/mol. The zero-order chi connectivity index (χ0) is 31.9. The van der Waals surface area contributed by atoms with Gasteiger partial charge in [0.2, 0.25) is 23.6 Å². The van der Waals surface area contributed by atoms with Crippen LogP contribution < -0.4 is 38.9 Å². The largest absolute Gasteiger partial charge is 0.368 e. The summed E-state index contributed by atoms with van der Waals surface area (Å²) in [7, 11) is 0. The van der Waals surface area contributed by atoms with Gasteiger partial charge in [0.15, 0.2) is 0 Å². The van der Waals surface area contributed by atoms with Crippen LogP contribution in [-0.4, -0.2) is 60.9 Å². The summed E-state index contributed by atoms with van der Waals surface area (Å²) in [4.78, 5) is 53.4. The van der Waals surface area contributed by atoms with Crippen LogP contribution in [0.2, 0.25) is 0 Å². The molecular weight excluding hydrogens is 578 g/mol. The molecule has 4 amide bonds. The molecule has 0 saturated heterocycles. The molecule has 1 aromatic heterocycles. The third kappa shape index (κ3) is 11.0. The number of unbranched alkanes of at least 4 members (excludes halogenated alkanes) is 2. The average Bonchev–Trinajstić information content (AvgIpc) is 3.53. The van der Waals surface area contributed by atoms with Crippen LogP contribution in [0.15, 0.2) is 60.0 Å². The lowest BCUT2D eigenvalue weighted by atomic mass is 9.99. The Bertz CT molecular complexity index is 1370. The summed E-state index contributed by atoms with van der Waals surface area (Å²) < 4.78 is 0. The molecule has 0 aliphatic carbocycles. The molecule has 11 N–H and O–H groups in total. The fraction of sp³-hybridized carbons (Fsp3) is 0.438. The van der Waals surface area contributed by atoms with Crippen molar-refractivity contribution in [3.63, 3.8) is 0 Å². The molecule has 0 spiro atoms. The van der Waals surface area contributed by atoms with Crippen molar-refractivity contribution in [3.05, 3.63) is 70.4 Å². The molecule has 2 aromatic carbocycles. The molecule has 0 saturated carbocycles. The van der Waals surface area contributed by atoms with E-state index in [1.807, 2.05) is 60.0 Å². The number of carbonyl (C=O) groups is 4. The molecule has 1 heterocycles. The third-order valence-corrected chi connectivity index (χ3v) is 8.32. The lowest BCUT2D eigenvalue weighted by molar-refractivity contribution is -0.133. The summed E-state index contributed by atoms with van der Waals surface area (Å²) >= 11 is 1.45. The van der Waals surface area contributed by atoms with Gasteiger partial charge in [-0.1, -0.05) is 55.0 Å². The summed E-state index contributed by atoms with van der Waals surface area (Å²) in [6.07, 6.45) is 3.76. The number of amides is 4. The van der Waals surface area contributed by atoms with Gasteiger partial charge in [-0.05, 0) is 73.0 Å². The molecule has 0 bridgehead atoms. The maximum absolute atomic E-state index is 13.8. The van der Waals surface area contributed by atoms with E-state index >= 15 is 0 Å². The lowest BCUT2D eigenvalue weighted by Crippen LogP contribution is -2.58. The van der Waals surface area contributed by atoms with Gasteiger partial charge >= 0.3 is 0 Å². The normalized spacial score (nSPS) is 13.9. The summed E-state index contributed by atoms with van der Waals surface area (Å²) in [6, 6.07) is 13.6. The van der Waals surface area contributed by atoms with Crippen LogP contribution in [0, 0.1) is 0 Å². The molecule has 238 valence electrons. The van der Waals surface area contributed by atoms with Crippen molar-refractivity contribution in [3.8, 4) is 0 Å². The molecule has 12 heteroatoms. The van der Waals surface area contributed by atoms with E-state index in [4.69, 9.17) is 22.9 Å².